The maximum Gasteiger partial charge on any atom is 0.245 e. The third-order valence-electron chi connectivity index (χ3n) is 4.19. The minimum absolute atomic E-state index is 0.111. The molecule has 1 atom stereocenters. The van der Waals surface area contributed by atoms with Crippen LogP contribution in [0.15, 0.2) is 33.9 Å². The second-order valence-corrected chi connectivity index (χ2v) is 8.21. The van der Waals surface area contributed by atoms with Crippen LogP contribution in [0.1, 0.15) is 63.2 Å². The average molecular weight is 350 g/mol. The molecule has 1 saturated heterocycles. The molecule has 0 radical (unpaired) electrons. The zero-order valence-electron chi connectivity index (χ0n) is 13.9. The van der Waals surface area contributed by atoms with Crippen molar-refractivity contribution < 1.29 is 12.9 Å². The molecule has 1 aliphatic heterocycles. The van der Waals surface area contributed by atoms with Crippen molar-refractivity contribution in [3.63, 3.8) is 0 Å². The van der Waals surface area contributed by atoms with Crippen molar-refractivity contribution in [1.82, 2.24) is 19.4 Å². The normalized spacial score (nSPS) is 20.2. The summed E-state index contributed by atoms with van der Waals surface area (Å²) < 4.78 is 32.9. The minimum atomic E-state index is -3.64. The zero-order chi connectivity index (χ0) is 17.2. The van der Waals surface area contributed by atoms with E-state index in [1.807, 2.05) is 13.8 Å². The highest BCUT2D eigenvalue weighted by Crippen LogP contribution is 2.33. The molecule has 0 amide bonds. The Morgan fingerprint density at radius 1 is 1.29 bits per heavy atom. The molecule has 8 heteroatoms. The molecule has 2 aromatic rings. The van der Waals surface area contributed by atoms with E-state index in [0.717, 1.165) is 19.3 Å². The highest BCUT2D eigenvalue weighted by molar-refractivity contribution is 7.89. The Hall–Kier alpha value is -1.80. The second kappa shape index (κ2) is 6.98. The molecule has 1 aliphatic rings. The van der Waals surface area contributed by atoms with Crippen molar-refractivity contribution in [1.29, 1.82) is 0 Å². The summed E-state index contributed by atoms with van der Waals surface area (Å²) in [6.45, 7) is 4.39. The van der Waals surface area contributed by atoms with Crippen molar-refractivity contribution in [3.05, 3.63) is 36.2 Å². The van der Waals surface area contributed by atoms with Gasteiger partial charge in [0.1, 0.15) is 4.90 Å². The Labute approximate surface area is 142 Å². The van der Waals surface area contributed by atoms with Crippen LogP contribution in [0.4, 0.5) is 0 Å². The van der Waals surface area contributed by atoms with Crippen molar-refractivity contribution in [2.45, 2.75) is 56.4 Å². The van der Waals surface area contributed by atoms with E-state index in [1.54, 1.807) is 18.3 Å². The number of pyridine rings is 1. The first kappa shape index (κ1) is 17.0. The average Bonchev–Trinajstić information content (AvgIpc) is 2.93. The van der Waals surface area contributed by atoms with Crippen LogP contribution in [0.2, 0.25) is 0 Å². The SMILES string of the molecule is CC(C)c1nc([C@@H]2CCCCCN2S(=O)(=O)c2cccnc2)no1. The third kappa shape index (κ3) is 3.34. The molecule has 24 heavy (non-hydrogen) atoms. The lowest BCUT2D eigenvalue weighted by molar-refractivity contribution is 0.300. The summed E-state index contributed by atoms with van der Waals surface area (Å²) in [5.41, 5.74) is 0. The Kier molecular flexibility index (Phi) is 4.96. The van der Waals surface area contributed by atoms with Gasteiger partial charge in [-0.3, -0.25) is 4.98 Å². The van der Waals surface area contributed by atoms with Crippen LogP contribution in [-0.4, -0.2) is 34.4 Å². The zero-order valence-corrected chi connectivity index (χ0v) is 14.7. The lowest BCUT2D eigenvalue weighted by Crippen LogP contribution is -2.35. The predicted molar refractivity (Wildman–Crippen MR) is 87.7 cm³/mol. The van der Waals surface area contributed by atoms with E-state index in [9.17, 15) is 8.42 Å². The molecular weight excluding hydrogens is 328 g/mol. The molecule has 0 bridgehead atoms. The Morgan fingerprint density at radius 2 is 2.12 bits per heavy atom. The van der Waals surface area contributed by atoms with Crippen molar-refractivity contribution in [2.75, 3.05) is 6.54 Å². The molecule has 130 valence electrons. The van der Waals surface area contributed by atoms with Gasteiger partial charge in [0.25, 0.3) is 0 Å². The molecular formula is C16H22N4O3S. The van der Waals surface area contributed by atoms with E-state index in [4.69, 9.17) is 4.52 Å². The number of hydrogen-bond donors (Lipinski definition) is 0. The Bertz CT molecular complexity index is 774. The molecule has 0 unspecified atom stereocenters. The summed E-state index contributed by atoms with van der Waals surface area (Å²) in [5, 5.41) is 4.05. The Balaban J connectivity index is 1.98. The molecule has 0 saturated carbocycles. The number of aromatic nitrogens is 3. The van der Waals surface area contributed by atoms with Gasteiger partial charge in [-0.2, -0.15) is 9.29 Å². The van der Waals surface area contributed by atoms with E-state index < -0.39 is 16.1 Å². The topological polar surface area (TPSA) is 89.2 Å². The smallest absolute Gasteiger partial charge is 0.245 e. The quantitative estimate of drug-likeness (QED) is 0.842. The maximum absolute atomic E-state index is 13.1. The molecule has 0 N–H and O–H groups in total. The van der Waals surface area contributed by atoms with Gasteiger partial charge in [-0.25, -0.2) is 8.42 Å². The van der Waals surface area contributed by atoms with Gasteiger partial charge < -0.3 is 4.52 Å². The fourth-order valence-corrected chi connectivity index (χ4v) is 4.50. The van der Waals surface area contributed by atoms with Crippen LogP contribution >= 0.6 is 0 Å². The van der Waals surface area contributed by atoms with E-state index in [1.165, 1.54) is 10.5 Å². The van der Waals surface area contributed by atoms with Gasteiger partial charge in [0.15, 0.2) is 5.82 Å². The first-order valence-corrected chi connectivity index (χ1v) is 9.69. The fourth-order valence-electron chi connectivity index (χ4n) is 2.88. The molecule has 7 nitrogen and oxygen atoms in total. The second-order valence-electron chi connectivity index (χ2n) is 6.32. The van der Waals surface area contributed by atoms with Gasteiger partial charge in [0, 0.05) is 24.9 Å². The molecule has 3 rings (SSSR count). The molecule has 1 fully saturated rings. The van der Waals surface area contributed by atoms with Crippen LogP contribution in [0.5, 0.6) is 0 Å². The van der Waals surface area contributed by atoms with E-state index in [2.05, 4.69) is 15.1 Å². The number of sulfonamides is 1. The Morgan fingerprint density at radius 3 is 2.79 bits per heavy atom. The van der Waals surface area contributed by atoms with E-state index in [0.29, 0.717) is 24.7 Å². The number of rotatable bonds is 4. The predicted octanol–water partition coefficient (Wildman–Crippen LogP) is 2.89. The van der Waals surface area contributed by atoms with Crippen molar-refractivity contribution >= 4 is 10.0 Å². The van der Waals surface area contributed by atoms with Gasteiger partial charge in [0.05, 0.1) is 6.04 Å². The van der Waals surface area contributed by atoms with Gasteiger partial charge in [-0.15, -0.1) is 0 Å². The largest absolute Gasteiger partial charge is 0.339 e. The summed E-state index contributed by atoms with van der Waals surface area (Å²) in [6.07, 6.45) is 6.39. The minimum Gasteiger partial charge on any atom is -0.339 e. The fraction of sp³-hybridized carbons (Fsp3) is 0.562. The summed E-state index contributed by atoms with van der Waals surface area (Å²) in [4.78, 5) is 8.57. The van der Waals surface area contributed by atoms with Crippen molar-refractivity contribution in [3.8, 4) is 0 Å². The van der Waals surface area contributed by atoms with Crippen LogP contribution in [0, 0.1) is 0 Å². The van der Waals surface area contributed by atoms with Crippen LogP contribution in [-0.2, 0) is 10.0 Å². The van der Waals surface area contributed by atoms with Crippen LogP contribution < -0.4 is 0 Å². The van der Waals surface area contributed by atoms with Gasteiger partial charge in [-0.1, -0.05) is 31.8 Å². The van der Waals surface area contributed by atoms with Gasteiger partial charge >= 0.3 is 0 Å². The van der Waals surface area contributed by atoms with Crippen LogP contribution in [0.3, 0.4) is 0 Å². The van der Waals surface area contributed by atoms with Gasteiger partial charge in [-0.05, 0) is 25.0 Å². The van der Waals surface area contributed by atoms with Gasteiger partial charge in [0.2, 0.25) is 15.9 Å². The summed E-state index contributed by atoms with van der Waals surface area (Å²) in [6, 6.07) is 2.80. The summed E-state index contributed by atoms with van der Waals surface area (Å²) in [7, 11) is -3.64. The van der Waals surface area contributed by atoms with Crippen LogP contribution in [0.25, 0.3) is 0 Å². The lowest BCUT2D eigenvalue weighted by Gasteiger charge is -2.26. The first-order valence-electron chi connectivity index (χ1n) is 8.25. The highest BCUT2D eigenvalue weighted by Gasteiger charge is 2.36. The molecule has 0 aliphatic carbocycles. The van der Waals surface area contributed by atoms with E-state index >= 15 is 0 Å². The monoisotopic (exact) mass is 350 g/mol. The first-order chi connectivity index (χ1) is 11.5. The number of nitrogens with zero attached hydrogens (tertiary/aromatic N) is 4. The van der Waals surface area contributed by atoms with E-state index in [-0.39, 0.29) is 10.8 Å². The third-order valence-corrected chi connectivity index (χ3v) is 6.09. The molecule has 0 spiro atoms. The lowest BCUT2D eigenvalue weighted by atomic mass is 10.1. The number of hydrogen-bond acceptors (Lipinski definition) is 6. The maximum atomic E-state index is 13.1. The molecule has 0 aromatic carbocycles. The van der Waals surface area contributed by atoms with Crippen molar-refractivity contribution in [2.24, 2.45) is 0 Å². The summed E-state index contributed by atoms with van der Waals surface area (Å²) in [5.74, 6) is 1.10. The standard InChI is InChI=1S/C16H22N4O3S/c1-12(2)16-18-15(19-23-16)14-8-4-3-5-10-20(14)24(21,22)13-7-6-9-17-11-13/h6-7,9,11-12,14H,3-5,8,10H2,1-2H3/t14-/m0/s1. The molecule has 3 heterocycles. The highest BCUT2D eigenvalue weighted by atomic mass is 32.2. The molecule has 2 aromatic heterocycles. The summed E-state index contributed by atoms with van der Waals surface area (Å²) >= 11 is 0.